The molecule has 0 aromatic rings. The maximum atomic E-state index is 10.4. The van der Waals surface area contributed by atoms with Crippen molar-refractivity contribution in [2.24, 2.45) is 0 Å². The summed E-state index contributed by atoms with van der Waals surface area (Å²) in [7, 11) is -2.81. The fourth-order valence-electron chi connectivity index (χ4n) is 0.602. The van der Waals surface area contributed by atoms with Crippen molar-refractivity contribution in [1.82, 2.24) is 4.90 Å². The van der Waals surface area contributed by atoms with Gasteiger partial charge in [0.25, 0.3) is 0 Å². The van der Waals surface area contributed by atoms with E-state index in [9.17, 15) is 9.36 Å². The first-order chi connectivity index (χ1) is 5.24. The van der Waals surface area contributed by atoms with Gasteiger partial charge in [0.05, 0.1) is 0 Å². The maximum Gasteiger partial charge on any atom is 0.339 e. The fraction of sp³-hybridized carbons (Fsp3) is 0.800. The summed E-state index contributed by atoms with van der Waals surface area (Å²) in [5.74, 6) is -1.11. The number of carbonyl (C=O) groups is 1. The summed E-state index contributed by atoms with van der Waals surface area (Å²) in [4.78, 5) is 28.4. The lowest BCUT2D eigenvalue weighted by Gasteiger charge is -2.20. The lowest BCUT2D eigenvalue weighted by atomic mass is 10.3. The highest BCUT2D eigenvalue weighted by Crippen LogP contribution is 2.34. The Morgan fingerprint density at radius 2 is 2.00 bits per heavy atom. The number of carboxylic acids is 1. The van der Waals surface area contributed by atoms with Gasteiger partial charge in [0.2, 0.25) is 0 Å². The fourth-order valence-corrected chi connectivity index (χ4v) is 1.43. The quantitative estimate of drug-likeness (QED) is 0.527. The first-order valence-electron chi connectivity index (χ1n) is 3.21. The third-order valence-corrected chi connectivity index (χ3v) is 2.24. The highest BCUT2D eigenvalue weighted by molar-refractivity contribution is 7.51. The van der Waals surface area contributed by atoms with Crippen molar-refractivity contribution in [3.8, 4) is 0 Å². The minimum atomic E-state index is -4.15. The molecule has 6 nitrogen and oxygen atoms in total. The van der Waals surface area contributed by atoms with Crippen LogP contribution in [0.25, 0.3) is 0 Å². The largest absolute Gasteiger partial charge is 0.480 e. The van der Waals surface area contributed by atoms with Crippen LogP contribution < -0.4 is 0 Å². The minimum Gasteiger partial charge on any atom is -0.480 e. The van der Waals surface area contributed by atoms with Crippen LogP contribution in [-0.4, -0.2) is 45.1 Å². The van der Waals surface area contributed by atoms with Crippen molar-refractivity contribution in [1.29, 1.82) is 0 Å². The number of likely N-dealkylation sites (N-methyl/N-ethyl adjacent to an activating group) is 1. The van der Waals surface area contributed by atoms with E-state index < -0.39 is 25.9 Å². The molecule has 1 atom stereocenters. The van der Waals surface area contributed by atoms with Gasteiger partial charge in [-0.05, 0) is 14.0 Å². The van der Waals surface area contributed by atoms with Gasteiger partial charge in [0.1, 0.15) is 12.3 Å². The first kappa shape index (κ1) is 11.6. The lowest BCUT2D eigenvalue weighted by molar-refractivity contribution is -0.141. The Balaban J connectivity index is 4.13. The van der Waals surface area contributed by atoms with Gasteiger partial charge < -0.3 is 14.9 Å². The Morgan fingerprint density at radius 1 is 1.58 bits per heavy atom. The zero-order valence-electron chi connectivity index (χ0n) is 6.84. The first-order valence-corrected chi connectivity index (χ1v) is 5.01. The lowest BCUT2D eigenvalue weighted by Crippen LogP contribution is -2.36. The van der Waals surface area contributed by atoms with Gasteiger partial charge in [-0.1, -0.05) is 0 Å². The third-order valence-electron chi connectivity index (χ3n) is 1.43. The molecule has 72 valence electrons. The molecule has 0 aromatic carbocycles. The van der Waals surface area contributed by atoms with E-state index in [4.69, 9.17) is 14.9 Å². The van der Waals surface area contributed by atoms with Crippen LogP contribution in [0.3, 0.4) is 0 Å². The normalized spacial score (nSPS) is 14.8. The number of rotatable bonds is 4. The molecule has 0 aromatic heterocycles. The van der Waals surface area contributed by atoms with Crippen LogP contribution >= 0.6 is 7.60 Å². The average Bonchev–Trinajstić information content (AvgIpc) is 1.82. The third kappa shape index (κ3) is 4.46. The zero-order chi connectivity index (χ0) is 9.94. The molecular formula is C5H12NO5P. The second-order valence-corrected chi connectivity index (χ2v) is 4.19. The Hall–Kier alpha value is -0.420. The van der Waals surface area contributed by atoms with Crippen LogP contribution in [0.1, 0.15) is 6.92 Å². The topological polar surface area (TPSA) is 98.1 Å². The van der Waals surface area contributed by atoms with Crippen molar-refractivity contribution in [3.63, 3.8) is 0 Å². The van der Waals surface area contributed by atoms with Gasteiger partial charge in [-0.15, -0.1) is 0 Å². The number of hydrogen-bond donors (Lipinski definition) is 3. The van der Waals surface area contributed by atoms with Gasteiger partial charge in [0.15, 0.2) is 0 Å². The summed E-state index contributed by atoms with van der Waals surface area (Å²) in [5.41, 5.74) is 0. The monoisotopic (exact) mass is 197 g/mol. The molecule has 0 aliphatic rings. The standard InChI is InChI=1S/C5H12NO5P/c1-4(5(7)8)6(2)3-12(9,10)11/h4H,3H2,1-2H3,(H,7,8)(H2,9,10,11)/t4-/m0/s1. The Kier molecular flexibility index (Phi) is 3.86. The van der Waals surface area contributed by atoms with Crippen LogP contribution in [0, 0.1) is 0 Å². The van der Waals surface area contributed by atoms with E-state index in [1.165, 1.54) is 14.0 Å². The van der Waals surface area contributed by atoms with Gasteiger partial charge in [0, 0.05) is 0 Å². The summed E-state index contributed by atoms with van der Waals surface area (Å²) in [5, 5.41) is 8.45. The number of aliphatic carboxylic acids is 1. The Bertz CT molecular complexity index is 212. The summed E-state index contributed by atoms with van der Waals surface area (Å²) >= 11 is 0. The van der Waals surface area contributed by atoms with Gasteiger partial charge in [-0.25, -0.2) is 0 Å². The molecule has 0 unspecified atom stereocenters. The molecule has 0 saturated carbocycles. The van der Waals surface area contributed by atoms with Gasteiger partial charge in [-0.3, -0.25) is 14.3 Å². The zero-order valence-corrected chi connectivity index (χ0v) is 7.73. The second kappa shape index (κ2) is 4.00. The molecule has 0 aliphatic heterocycles. The molecule has 3 N–H and O–H groups in total. The van der Waals surface area contributed by atoms with Gasteiger partial charge in [-0.2, -0.15) is 0 Å². The number of nitrogens with zero attached hydrogens (tertiary/aromatic N) is 1. The molecular weight excluding hydrogens is 185 g/mol. The molecule has 7 heteroatoms. The number of hydrogen-bond acceptors (Lipinski definition) is 3. The molecule has 12 heavy (non-hydrogen) atoms. The summed E-state index contributed by atoms with van der Waals surface area (Å²) in [6, 6.07) is -0.891. The van der Waals surface area contributed by atoms with Crippen molar-refractivity contribution < 1.29 is 24.3 Å². The van der Waals surface area contributed by atoms with Crippen molar-refractivity contribution in [2.75, 3.05) is 13.3 Å². The van der Waals surface area contributed by atoms with E-state index in [2.05, 4.69) is 0 Å². The summed E-state index contributed by atoms with van der Waals surface area (Å²) < 4.78 is 10.4. The van der Waals surface area contributed by atoms with Crippen LogP contribution in [-0.2, 0) is 9.36 Å². The highest BCUT2D eigenvalue weighted by Gasteiger charge is 2.23. The van der Waals surface area contributed by atoms with Crippen molar-refractivity contribution >= 4 is 13.6 Å². The molecule has 0 aliphatic carbocycles. The molecule has 0 saturated heterocycles. The average molecular weight is 197 g/mol. The molecule has 0 radical (unpaired) electrons. The predicted molar refractivity (Wildman–Crippen MR) is 41.8 cm³/mol. The molecule has 0 heterocycles. The van der Waals surface area contributed by atoms with E-state index in [0.29, 0.717) is 0 Å². The number of carboxylic acid groups (broad SMARTS) is 1. The minimum absolute atomic E-state index is 0.541. The van der Waals surface area contributed by atoms with E-state index in [1.54, 1.807) is 0 Å². The molecule has 0 fully saturated rings. The van der Waals surface area contributed by atoms with Crippen molar-refractivity contribution in [3.05, 3.63) is 0 Å². The summed E-state index contributed by atoms with van der Waals surface area (Å²) in [6.07, 6.45) is -0.541. The van der Waals surface area contributed by atoms with Gasteiger partial charge >= 0.3 is 13.6 Å². The molecule has 0 spiro atoms. The second-order valence-electron chi connectivity index (χ2n) is 2.58. The van der Waals surface area contributed by atoms with Crippen molar-refractivity contribution in [2.45, 2.75) is 13.0 Å². The Labute approximate surface area is 70.0 Å². The Morgan fingerprint density at radius 3 is 2.25 bits per heavy atom. The van der Waals surface area contributed by atoms with Crippen LogP contribution in [0.4, 0.5) is 0 Å². The predicted octanol–water partition coefficient (Wildman–Crippen LogP) is -0.473. The van der Waals surface area contributed by atoms with E-state index in [1.807, 2.05) is 0 Å². The molecule has 0 bridgehead atoms. The summed E-state index contributed by atoms with van der Waals surface area (Å²) in [6.45, 7) is 1.36. The maximum absolute atomic E-state index is 10.4. The SMILES string of the molecule is C[C@@H](C(=O)O)N(C)CP(=O)(O)O. The van der Waals surface area contributed by atoms with Crippen LogP contribution in [0.15, 0.2) is 0 Å². The smallest absolute Gasteiger partial charge is 0.339 e. The van der Waals surface area contributed by atoms with E-state index in [0.717, 1.165) is 4.90 Å². The van der Waals surface area contributed by atoms with E-state index >= 15 is 0 Å². The molecule has 0 rings (SSSR count). The van der Waals surface area contributed by atoms with Crippen LogP contribution in [0.2, 0.25) is 0 Å². The molecule has 0 amide bonds. The van der Waals surface area contributed by atoms with E-state index in [-0.39, 0.29) is 0 Å². The highest BCUT2D eigenvalue weighted by atomic mass is 31.2. The van der Waals surface area contributed by atoms with Crippen LogP contribution in [0.5, 0.6) is 0 Å².